The Morgan fingerprint density at radius 2 is 1.68 bits per heavy atom. The summed E-state index contributed by atoms with van der Waals surface area (Å²) in [6, 6.07) is 12.1. The molecule has 0 radical (unpaired) electrons. The Bertz CT molecular complexity index is 668. The second-order valence-corrected chi connectivity index (χ2v) is 5.44. The van der Waals surface area contributed by atoms with Crippen LogP contribution in [-0.4, -0.2) is 11.4 Å². The SMILES string of the molecule is NNC(=S)Nc1cccc(Cl)c1Cl.O=Cc1ccccc1Cl. The van der Waals surface area contributed by atoms with Crippen LogP contribution in [0.4, 0.5) is 5.69 Å². The lowest BCUT2D eigenvalue weighted by molar-refractivity contribution is 0.112. The fraction of sp³-hybridized carbons (Fsp3) is 0. The molecule has 0 fully saturated rings. The maximum Gasteiger partial charge on any atom is 0.185 e. The Balaban J connectivity index is 0.000000235. The maximum atomic E-state index is 10.1. The first-order chi connectivity index (χ1) is 10.5. The highest BCUT2D eigenvalue weighted by atomic mass is 35.5. The van der Waals surface area contributed by atoms with Crippen LogP contribution < -0.4 is 16.6 Å². The monoisotopic (exact) mass is 375 g/mol. The summed E-state index contributed by atoms with van der Waals surface area (Å²) >= 11 is 22.0. The van der Waals surface area contributed by atoms with Crippen LogP contribution in [0.3, 0.4) is 0 Å². The summed E-state index contributed by atoms with van der Waals surface area (Å²) in [5.74, 6) is 5.08. The van der Waals surface area contributed by atoms with E-state index < -0.39 is 0 Å². The van der Waals surface area contributed by atoms with E-state index in [1.807, 2.05) is 0 Å². The van der Waals surface area contributed by atoms with Crippen LogP contribution in [0.2, 0.25) is 15.1 Å². The number of benzene rings is 2. The van der Waals surface area contributed by atoms with Crippen molar-refractivity contribution in [3.63, 3.8) is 0 Å². The van der Waals surface area contributed by atoms with Crippen LogP contribution in [0.15, 0.2) is 42.5 Å². The van der Waals surface area contributed by atoms with Crippen molar-refractivity contribution in [2.45, 2.75) is 0 Å². The first kappa shape index (κ1) is 18.7. The fourth-order valence-corrected chi connectivity index (χ4v) is 1.97. The van der Waals surface area contributed by atoms with Gasteiger partial charge in [-0.25, -0.2) is 5.84 Å². The van der Waals surface area contributed by atoms with E-state index in [4.69, 9.17) is 52.9 Å². The van der Waals surface area contributed by atoms with Gasteiger partial charge in [0.25, 0.3) is 0 Å². The first-order valence-electron chi connectivity index (χ1n) is 5.91. The van der Waals surface area contributed by atoms with E-state index in [2.05, 4.69) is 10.7 Å². The lowest BCUT2D eigenvalue weighted by atomic mass is 10.2. The maximum absolute atomic E-state index is 10.1. The van der Waals surface area contributed by atoms with Gasteiger partial charge in [0.2, 0.25) is 0 Å². The third kappa shape index (κ3) is 5.79. The van der Waals surface area contributed by atoms with Gasteiger partial charge in [-0.05, 0) is 30.4 Å². The molecule has 0 aliphatic carbocycles. The van der Waals surface area contributed by atoms with Crippen molar-refractivity contribution in [1.82, 2.24) is 5.43 Å². The third-order valence-electron chi connectivity index (χ3n) is 2.36. The standard InChI is InChI=1S/C7H7Cl2N3S.C7H5ClO/c8-4-2-1-3-5(6(4)9)11-7(13)12-10;8-7-4-2-1-3-6(7)5-9/h1-3H,10H2,(H2,11,12,13);1-5H. The molecular formula is C14H12Cl3N3OS. The third-order valence-corrected chi connectivity index (χ3v) is 3.75. The van der Waals surface area contributed by atoms with Crippen molar-refractivity contribution in [2.24, 2.45) is 5.84 Å². The van der Waals surface area contributed by atoms with Crippen LogP contribution >= 0.6 is 47.0 Å². The zero-order valence-corrected chi connectivity index (χ0v) is 14.2. The molecule has 0 amide bonds. The van der Waals surface area contributed by atoms with Crippen LogP contribution in [0.5, 0.6) is 0 Å². The zero-order chi connectivity index (χ0) is 16.5. The van der Waals surface area contributed by atoms with Crippen LogP contribution in [0.25, 0.3) is 0 Å². The van der Waals surface area contributed by atoms with Crippen molar-refractivity contribution in [1.29, 1.82) is 0 Å². The molecule has 0 bridgehead atoms. The number of hydrazine groups is 1. The quantitative estimate of drug-likeness (QED) is 0.315. The number of carbonyl (C=O) groups excluding carboxylic acids is 1. The number of thiocarbonyl (C=S) groups is 1. The molecule has 0 aliphatic rings. The van der Waals surface area contributed by atoms with Crippen LogP contribution in [0, 0.1) is 0 Å². The van der Waals surface area contributed by atoms with E-state index in [0.29, 0.717) is 26.3 Å². The molecule has 0 unspecified atom stereocenters. The molecule has 0 saturated heterocycles. The van der Waals surface area contributed by atoms with E-state index in [1.165, 1.54) is 0 Å². The van der Waals surface area contributed by atoms with Crippen molar-refractivity contribution in [3.8, 4) is 0 Å². The van der Waals surface area contributed by atoms with E-state index in [1.54, 1.807) is 42.5 Å². The Hall–Kier alpha value is -1.37. The molecule has 0 spiro atoms. The average Bonchev–Trinajstić information content (AvgIpc) is 2.53. The molecule has 22 heavy (non-hydrogen) atoms. The molecular weight excluding hydrogens is 365 g/mol. The van der Waals surface area contributed by atoms with Gasteiger partial charge in [0, 0.05) is 5.56 Å². The number of carbonyl (C=O) groups is 1. The summed E-state index contributed by atoms with van der Waals surface area (Å²) in [7, 11) is 0. The fourth-order valence-electron chi connectivity index (χ4n) is 1.33. The Labute approximate surface area is 148 Å². The lowest BCUT2D eigenvalue weighted by Crippen LogP contribution is -2.34. The average molecular weight is 377 g/mol. The number of anilines is 1. The second kappa shape index (κ2) is 9.61. The van der Waals surface area contributed by atoms with Gasteiger partial charge in [-0.2, -0.15) is 0 Å². The summed E-state index contributed by atoms with van der Waals surface area (Å²) in [6.07, 6.45) is 0.738. The summed E-state index contributed by atoms with van der Waals surface area (Å²) in [5.41, 5.74) is 3.44. The summed E-state index contributed by atoms with van der Waals surface area (Å²) < 4.78 is 0. The van der Waals surface area contributed by atoms with Gasteiger partial charge in [0.15, 0.2) is 11.4 Å². The van der Waals surface area contributed by atoms with Gasteiger partial charge in [0.1, 0.15) is 0 Å². The number of nitrogens with two attached hydrogens (primary N) is 1. The zero-order valence-electron chi connectivity index (χ0n) is 11.1. The molecule has 0 aromatic heterocycles. The molecule has 0 aliphatic heterocycles. The highest BCUT2D eigenvalue weighted by Crippen LogP contribution is 2.29. The highest BCUT2D eigenvalue weighted by Gasteiger charge is 2.04. The van der Waals surface area contributed by atoms with Crippen molar-refractivity contribution in [3.05, 3.63) is 63.1 Å². The molecule has 0 saturated carbocycles. The van der Waals surface area contributed by atoms with E-state index in [9.17, 15) is 4.79 Å². The minimum atomic E-state index is 0.282. The summed E-state index contributed by atoms with van der Waals surface area (Å²) in [5, 5.41) is 4.45. The normalized spacial score (nSPS) is 9.27. The number of hydrogen-bond acceptors (Lipinski definition) is 3. The van der Waals surface area contributed by atoms with Crippen molar-refractivity contribution < 1.29 is 4.79 Å². The number of nitrogens with one attached hydrogen (secondary N) is 2. The molecule has 0 atom stereocenters. The van der Waals surface area contributed by atoms with Gasteiger partial charge in [-0.1, -0.05) is 59.1 Å². The summed E-state index contributed by atoms with van der Waals surface area (Å²) in [4.78, 5) is 10.1. The largest absolute Gasteiger partial charge is 0.330 e. The number of halogens is 3. The van der Waals surface area contributed by atoms with Gasteiger partial charge >= 0.3 is 0 Å². The Morgan fingerprint density at radius 3 is 2.23 bits per heavy atom. The molecule has 2 aromatic carbocycles. The topological polar surface area (TPSA) is 67.2 Å². The molecule has 2 aromatic rings. The molecule has 2 rings (SSSR count). The second-order valence-electron chi connectivity index (χ2n) is 3.84. The smallest absolute Gasteiger partial charge is 0.185 e. The first-order valence-corrected chi connectivity index (χ1v) is 7.45. The molecule has 4 nitrogen and oxygen atoms in total. The molecule has 116 valence electrons. The predicted octanol–water partition coefficient (Wildman–Crippen LogP) is 4.31. The highest BCUT2D eigenvalue weighted by molar-refractivity contribution is 7.80. The minimum absolute atomic E-state index is 0.282. The molecule has 4 N–H and O–H groups in total. The van der Waals surface area contributed by atoms with E-state index >= 15 is 0 Å². The van der Waals surface area contributed by atoms with Gasteiger partial charge < -0.3 is 10.7 Å². The molecule has 0 heterocycles. The van der Waals surface area contributed by atoms with Gasteiger partial charge in [0.05, 0.1) is 20.8 Å². The number of rotatable bonds is 2. The van der Waals surface area contributed by atoms with Gasteiger partial charge in [-0.15, -0.1) is 0 Å². The van der Waals surface area contributed by atoms with Crippen molar-refractivity contribution >= 4 is 64.1 Å². The predicted molar refractivity (Wildman–Crippen MR) is 96.8 cm³/mol. The Morgan fingerprint density at radius 1 is 1.05 bits per heavy atom. The van der Waals surface area contributed by atoms with Crippen LogP contribution in [0.1, 0.15) is 10.4 Å². The summed E-state index contributed by atoms with van der Waals surface area (Å²) in [6.45, 7) is 0. The van der Waals surface area contributed by atoms with Gasteiger partial charge in [-0.3, -0.25) is 4.79 Å². The van der Waals surface area contributed by atoms with E-state index in [0.717, 1.165) is 6.29 Å². The van der Waals surface area contributed by atoms with Crippen LogP contribution in [-0.2, 0) is 0 Å². The number of aldehydes is 1. The number of hydrogen-bond donors (Lipinski definition) is 3. The van der Waals surface area contributed by atoms with E-state index in [-0.39, 0.29) is 5.11 Å². The molecule has 8 heteroatoms. The minimum Gasteiger partial charge on any atom is -0.330 e. The van der Waals surface area contributed by atoms with Crippen molar-refractivity contribution in [2.75, 3.05) is 5.32 Å². The Kier molecular flexibility index (Phi) is 8.16. The lowest BCUT2D eigenvalue weighted by Gasteiger charge is -2.08.